The molecule has 0 amide bonds. The van der Waals surface area contributed by atoms with Crippen LogP contribution in [0.4, 0.5) is 0 Å². The number of aromatic nitrogens is 2. The second kappa shape index (κ2) is 6.02. The molecule has 0 saturated heterocycles. The molecule has 0 spiro atoms. The number of nitrogens with zero attached hydrogens (tertiary/aromatic N) is 2. The molecular weight excluding hydrogens is 234 g/mol. The fourth-order valence-electron chi connectivity index (χ4n) is 2.38. The van der Waals surface area contributed by atoms with Crippen LogP contribution in [-0.2, 0) is 7.05 Å². The Labute approximate surface area is 115 Å². The standard InChI is InChI=1S/C16H23N3/c1-5-8-18-16(15-10-17-11-19(15)4)14-9-12(2)6-7-13(14)3/h6-7,9-11,16,18H,5,8H2,1-4H3. The molecule has 1 aromatic heterocycles. The van der Waals surface area contributed by atoms with Crippen molar-refractivity contribution in [3.8, 4) is 0 Å². The number of hydrogen-bond donors (Lipinski definition) is 1. The monoisotopic (exact) mass is 257 g/mol. The highest BCUT2D eigenvalue weighted by atomic mass is 15.1. The summed E-state index contributed by atoms with van der Waals surface area (Å²) < 4.78 is 2.09. The Hall–Kier alpha value is -1.61. The van der Waals surface area contributed by atoms with E-state index in [9.17, 15) is 0 Å². The summed E-state index contributed by atoms with van der Waals surface area (Å²) in [5.41, 5.74) is 5.17. The van der Waals surface area contributed by atoms with Crippen molar-refractivity contribution in [2.75, 3.05) is 6.54 Å². The highest BCUT2D eigenvalue weighted by Crippen LogP contribution is 2.25. The van der Waals surface area contributed by atoms with Crippen LogP contribution < -0.4 is 5.32 Å². The van der Waals surface area contributed by atoms with Crippen molar-refractivity contribution in [3.05, 3.63) is 53.1 Å². The lowest BCUT2D eigenvalue weighted by Crippen LogP contribution is -2.25. The van der Waals surface area contributed by atoms with Crippen molar-refractivity contribution in [3.63, 3.8) is 0 Å². The number of hydrogen-bond acceptors (Lipinski definition) is 2. The third-order valence-corrected chi connectivity index (χ3v) is 3.49. The Morgan fingerprint density at radius 2 is 2.11 bits per heavy atom. The molecule has 1 unspecified atom stereocenters. The van der Waals surface area contributed by atoms with Crippen LogP contribution in [0.3, 0.4) is 0 Å². The van der Waals surface area contributed by atoms with Crippen LogP contribution in [0.15, 0.2) is 30.7 Å². The van der Waals surface area contributed by atoms with Gasteiger partial charge >= 0.3 is 0 Å². The SMILES string of the molecule is CCCNC(c1cc(C)ccc1C)c1cncn1C. The average Bonchev–Trinajstić information content (AvgIpc) is 2.80. The van der Waals surface area contributed by atoms with E-state index < -0.39 is 0 Å². The molecule has 0 aliphatic heterocycles. The van der Waals surface area contributed by atoms with E-state index in [0.29, 0.717) is 0 Å². The summed E-state index contributed by atoms with van der Waals surface area (Å²) in [4.78, 5) is 4.25. The van der Waals surface area contributed by atoms with E-state index in [0.717, 1.165) is 13.0 Å². The van der Waals surface area contributed by atoms with E-state index in [1.54, 1.807) is 0 Å². The first kappa shape index (κ1) is 13.8. The largest absolute Gasteiger partial charge is 0.336 e. The molecule has 1 heterocycles. The maximum Gasteiger partial charge on any atom is 0.0946 e. The van der Waals surface area contributed by atoms with Crippen molar-refractivity contribution >= 4 is 0 Å². The van der Waals surface area contributed by atoms with Crippen molar-refractivity contribution < 1.29 is 0 Å². The Morgan fingerprint density at radius 3 is 2.74 bits per heavy atom. The predicted molar refractivity (Wildman–Crippen MR) is 79.3 cm³/mol. The molecule has 1 aromatic carbocycles. The van der Waals surface area contributed by atoms with E-state index in [-0.39, 0.29) is 6.04 Å². The van der Waals surface area contributed by atoms with Crippen molar-refractivity contribution in [2.24, 2.45) is 7.05 Å². The van der Waals surface area contributed by atoms with Crippen LogP contribution in [0, 0.1) is 13.8 Å². The van der Waals surface area contributed by atoms with Gasteiger partial charge in [-0.2, -0.15) is 0 Å². The maximum absolute atomic E-state index is 4.25. The smallest absolute Gasteiger partial charge is 0.0946 e. The highest BCUT2D eigenvalue weighted by Gasteiger charge is 2.18. The van der Waals surface area contributed by atoms with Gasteiger partial charge in [0.05, 0.1) is 24.3 Å². The van der Waals surface area contributed by atoms with E-state index in [2.05, 4.69) is 53.8 Å². The molecule has 1 N–H and O–H groups in total. The second-order valence-corrected chi connectivity index (χ2v) is 5.18. The number of imidazole rings is 1. The van der Waals surface area contributed by atoms with Crippen molar-refractivity contribution in [1.29, 1.82) is 0 Å². The summed E-state index contributed by atoms with van der Waals surface area (Å²) in [6.45, 7) is 7.51. The lowest BCUT2D eigenvalue weighted by atomic mass is 9.96. The first-order chi connectivity index (χ1) is 9.13. The summed E-state index contributed by atoms with van der Waals surface area (Å²) in [5, 5.41) is 3.64. The zero-order valence-electron chi connectivity index (χ0n) is 12.3. The van der Waals surface area contributed by atoms with Crippen molar-refractivity contribution in [2.45, 2.75) is 33.2 Å². The van der Waals surface area contributed by atoms with Crippen LogP contribution in [0.2, 0.25) is 0 Å². The molecule has 19 heavy (non-hydrogen) atoms. The third kappa shape index (κ3) is 3.04. The average molecular weight is 257 g/mol. The number of rotatable bonds is 5. The molecule has 1 atom stereocenters. The molecule has 3 nitrogen and oxygen atoms in total. The van der Waals surface area contributed by atoms with E-state index in [4.69, 9.17) is 0 Å². The normalized spacial score (nSPS) is 12.6. The summed E-state index contributed by atoms with van der Waals surface area (Å²) in [6.07, 6.45) is 4.94. The summed E-state index contributed by atoms with van der Waals surface area (Å²) in [6, 6.07) is 6.85. The Balaban J connectivity index is 2.42. The quantitative estimate of drug-likeness (QED) is 0.892. The Kier molecular flexibility index (Phi) is 4.38. The summed E-state index contributed by atoms with van der Waals surface area (Å²) in [5.74, 6) is 0. The number of nitrogens with one attached hydrogen (secondary N) is 1. The second-order valence-electron chi connectivity index (χ2n) is 5.18. The van der Waals surface area contributed by atoms with Crippen molar-refractivity contribution in [1.82, 2.24) is 14.9 Å². The van der Waals surface area contributed by atoms with Crippen LogP contribution in [-0.4, -0.2) is 16.1 Å². The fraction of sp³-hybridized carbons (Fsp3) is 0.438. The Bertz CT molecular complexity index is 543. The minimum absolute atomic E-state index is 0.215. The van der Waals surface area contributed by atoms with Crippen LogP contribution in [0.1, 0.15) is 41.8 Å². The predicted octanol–water partition coefficient (Wildman–Crippen LogP) is 3.13. The molecule has 2 rings (SSSR count). The van der Waals surface area contributed by atoms with Gasteiger partial charge in [-0.25, -0.2) is 4.98 Å². The molecule has 102 valence electrons. The van der Waals surface area contributed by atoms with Gasteiger partial charge < -0.3 is 9.88 Å². The number of benzene rings is 1. The van der Waals surface area contributed by atoms with Gasteiger partial charge in [0, 0.05) is 7.05 Å². The zero-order valence-corrected chi connectivity index (χ0v) is 12.3. The molecule has 2 aromatic rings. The van der Waals surface area contributed by atoms with Crippen LogP contribution >= 0.6 is 0 Å². The van der Waals surface area contributed by atoms with Gasteiger partial charge in [0.25, 0.3) is 0 Å². The van der Waals surface area contributed by atoms with Gasteiger partial charge in [0.2, 0.25) is 0 Å². The highest BCUT2D eigenvalue weighted by molar-refractivity contribution is 5.37. The van der Waals surface area contributed by atoms with E-state index in [1.807, 2.05) is 19.6 Å². The fourth-order valence-corrected chi connectivity index (χ4v) is 2.38. The molecule has 0 radical (unpaired) electrons. The maximum atomic E-state index is 4.25. The minimum Gasteiger partial charge on any atom is -0.336 e. The molecule has 0 saturated carbocycles. The number of aryl methyl sites for hydroxylation is 3. The minimum atomic E-state index is 0.215. The topological polar surface area (TPSA) is 29.9 Å². The summed E-state index contributed by atoms with van der Waals surface area (Å²) >= 11 is 0. The van der Waals surface area contributed by atoms with Gasteiger partial charge in [-0.1, -0.05) is 30.7 Å². The van der Waals surface area contributed by atoms with E-state index >= 15 is 0 Å². The summed E-state index contributed by atoms with van der Waals surface area (Å²) in [7, 11) is 2.05. The Morgan fingerprint density at radius 1 is 1.32 bits per heavy atom. The first-order valence-electron chi connectivity index (χ1n) is 6.90. The van der Waals surface area contributed by atoms with Gasteiger partial charge in [-0.3, -0.25) is 0 Å². The third-order valence-electron chi connectivity index (χ3n) is 3.49. The molecule has 0 aliphatic carbocycles. The zero-order chi connectivity index (χ0) is 13.8. The van der Waals surface area contributed by atoms with Gasteiger partial charge in [0.1, 0.15) is 0 Å². The molecule has 0 bridgehead atoms. The lowest BCUT2D eigenvalue weighted by molar-refractivity contribution is 0.567. The lowest BCUT2D eigenvalue weighted by Gasteiger charge is -2.22. The van der Waals surface area contributed by atoms with Gasteiger partial charge in [-0.05, 0) is 37.9 Å². The van der Waals surface area contributed by atoms with Crippen LogP contribution in [0.5, 0.6) is 0 Å². The first-order valence-corrected chi connectivity index (χ1v) is 6.90. The van der Waals surface area contributed by atoms with Gasteiger partial charge in [-0.15, -0.1) is 0 Å². The van der Waals surface area contributed by atoms with Crippen LogP contribution in [0.25, 0.3) is 0 Å². The molecular formula is C16H23N3. The molecule has 0 fully saturated rings. The van der Waals surface area contributed by atoms with E-state index in [1.165, 1.54) is 22.4 Å². The molecule has 0 aliphatic rings. The molecule has 3 heteroatoms. The van der Waals surface area contributed by atoms with Gasteiger partial charge in [0.15, 0.2) is 0 Å².